The van der Waals surface area contributed by atoms with Crippen LogP contribution in [0.3, 0.4) is 0 Å². The molecule has 2 aliphatic heterocycles. The molecule has 0 radical (unpaired) electrons. The zero-order valence-corrected chi connectivity index (χ0v) is 16.1. The maximum Gasteiger partial charge on any atom is 0.247 e. The van der Waals surface area contributed by atoms with E-state index < -0.39 is 6.04 Å². The molecule has 2 aromatic carbocycles. The molecular weight excluding hydrogens is 350 g/mol. The topological polar surface area (TPSA) is 52.7 Å². The van der Waals surface area contributed by atoms with Gasteiger partial charge in [-0.1, -0.05) is 30.3 Å². The highest BCUT2D eigenvalue weighted by Gasteiger charge is 2.35. The number of benzene rings is 2. The van der Waals surface area contributed by atoms with Crippen molar-refractivity contribution in [3.63, 3.8) is 0 Å². The molecule has 0 aliphatic carbocycles. The van der Waals surface area contributed by atoms with E-state index in [1.807, 2.05) is 42.5 Å². The number of carbonyl (C=O) groups excluding carboxylic acids is 2. The van der Waals surface area contributed by atoms with Crippen LogP contribution in [0.15, 0.2) is 54.6 Å². The summed E-state index contributed by atoms with van der Waals surface area (Å²) in [5.74, 6) is -0.0584. The van der Waals surface area contributed by atoms with Gasteiger partial charge in [0.2, 0.25) is 11.8 Å². The van der Waals surface area contributed by atoms with Gasteiger partial charge in [0.25, 0.3) is 0 Å². The van der Waals surface area contributed by atoms with Crippen LogP contribution >= 0.6 is 0 Å². The third kappa shape index (κ3) is 4.19. The first-order chi connectivity index (χ1) is 13.7. The number of carbonyl (C=O) groups is 2. The van der Waals surface area contributed by atoms with E-state index in [1.54, 1.807) is 4.90 Å². The van der Waals surface area contributed by atoms with Gasteiger partial charge in [0, 0.05) is 37.4 Å². The average molecular weight is 377 g/mol. The highest BCUT2D eigenvalue weighted by molar-refractivity contribution is 5.99. The fraction of sp³-hybridized carbons (Fsp3) is 0.391. The molecule has 146 valence electrons. The second kappa shape index (κ2) is 8.46. The summed E-state index contributed by atoms with van der Waals surface area (Å²) in [6.45, 7) is 2.68. The molecule has 0 aromatic heterocycles. The number of nitrogens with one attached hydrogen (secondary N) is 1. The van der Waals surface area contributed by atoms with Gasteiger partial charge in [-0.25, -0.2) is 0 Å². The van der Waals surface area contributed by atoms with Crippen LogP contribution in [0.2, 0.25) is 0 Å². The first-order valence-corrected chi connectivity index (χ1v) is 10.2. The van der Waals surface area contributed by atoms with E-state index >= 15 is 0 Å². The number of amides is 2. The van der Waals surface area contributed by atoms with Crippen molar-refractivity contribution in [2.75, 3.05) is 23.3 Å². The number of likely N-dealkylation sites (tertiary alicyclic amines) is 1. The lowest BCUT2D eigenvalue weighted by molar-refractivity contribution is -0.133. The second-order valence-corrected chi connectivity index (χ2v) is 7.65. The van der Waals surface area contributed by atoms with Gasteiger partial charge in [-0.05, 0) is 55.5 Å². The number of hydrogen-bond acceptors (Lipinski definition) is 3. The van der Waals surface area contributed by atoms with Gasteiger partial charge < -0.3 is 15.1 Å². The van der Waals surface area contributed by atoms with E-state index in [-0.39, 0.29) is 11.8 Å². The van der Waals surface area contributed by atoms with Gasteiger partial charge in [-0.3, -0.25) is 9.59 Å². The third-order valence-corrected chi connectivity index (χ3v) is 5.68. The summed E-state index contributed by atoms with van der Waals surface area (Å²) in [5.41, 5.74) is 3.03. The third-order valence-electron chi connectivity index (χ3n) is 5.68. The second-order valence-electron chi connectivity index (χ2n) is 7.65. The minimum atomic E-state index is -0.408. The fourth-order valence-electron chi connectivity index (χ4n) is 4.12. The molecule has 0 saturated carbocycles. The number of hydrogen-bond donors (Lipinski definition) is 1. The summed E-state index contributed by atoms with van der Waals surface area (Å²) in [5, 5.41) is 3.00. The molecule has 2 aromatic rings. The van der Waals surface area contributed by atoms with Crippen molar-refractivity contribution < 1.29 is 9.59 Å². The molecule has 2 saturated heterocycles. The SMILES string of the molecule is O=C(Nc1ccc(N2CCCCC2)cc1)C1CCC(=O)N1Cc1ccccc1. The van der Waals surface area contributed by atoms with Crippen molar-refractivity contribution in [1.82, 2.24) is 4.90 Å². The maximum atomic E-state index is 12.8. The van der Waals surface area contributed by atoms with E-state index in [2.05, 4.69) is 22.3 Å². The molecule has 2 amide bonds. The Morgan fingerprint density at radius 3 is 2.39 bits per heavy atom. The predicted octanol–water partition coefficient (Wildman–Crippen LogP) is 3.81. The molecule has 0 spiro atoms. The lowest BCUT2D eigenvalue weighted by atomic mass is 10.1. The normalized spacial score (nSPS) is 19.7. The largest absolute Gasteiger partial charge is 0.372 e. The molecule has 1 atom stereocenters. The molecule has 28 heavy (non-hydrogen) atoms. The summed E-state index contributed by atoms with van der Waals surface area (Å²) in [6.07, 6.45) is 4.79. The Balaban J connectivity index is 1.40. The Labute approximate surface area is 166 Å². The monoisotopic (exact) mass is 377 g/mol. The number of nitrogens with zero attached hydrogens (tertiary/aromatic N) is 2. The molecule has 5 nitrogen and oxygen atoms in total. The van der Waals surface area contributed by atoms with Gasteiger partial charge in [0.15, 0.2) is 0 Å². The van der Waals surface area contributed by atoms with E-state index in [1.165, 1.54) is 24.9 Å². The Hall–Kier alpha value is -2.82. The van der Waals surface area contributed by atoms with Crippen LogP contribution in [0.1, 0.15) is 37.7 Å². The van der Waals surface area contributed by atoms with Crippen LogP contribution in [-0.2, 0) is 16.1 Å². The van der Waals surface area contributed by atoms with Crippen LogP contribution < -0.4 is 10.2 Å². The van der Waals surface area contributed by atoms with Gasteiger partial charge >= 0.3 is 0 Å². The highest BCUT2D eigenvalue weighted by Crippen LogP contribution is 2.25. The van der Waals surface area contributed by atoms with Crippen molar-refractivity contribution in [3.8, 4) is 0 Å². The smallest absolute Gasteiger partial charge is 0.247 e. The molecule has 0 bridgehead atoms. The Kier molecular flexibility index (Phi) is 5.60. The average Bonchev–Trinajstić information content (AvgIpc) is 3.10. The zero-order chi connectivity index (χ0) is 19.3. The fourth-order valence-corrected chi connectivity index (χ4v) is 4.12. The van der Waals surface area contributed by atoms with E-state index in [9.17, 15) is 9.59 Å². The van der Waals surface area contributed by atoms with Crippen molar-refractivity contribution in [2.45, 2.75) is 44.7 Å². The molecule has 5 heteroatoms. The van der Waals surface area contributed by atoms with Gasteiger partial charge in [0.05, 0.1) is 0 Å². The highest BCUT2D eigenvalue weighted by atomic mass is 16.2. The summed E-state index contributed by atoms with van der Waals surface area (Å²) in [6, 6.07) is 17.5. The standard InChI is InChI=1S/C23H27N3O2/c27-22-14-13-21(26(22)17-18-7-3-1-4-8-18)23(28)24-19-9-11-20(12-10-19)25-15-5-2-6-16-25/h1,3-4,7-12,21H,2,5-6,13-17H2,(H,24,28). The lowest BCUT2D eigenvalue weighted by Crippen LogP contribution is -2.41. The summed E-state index contributed by atoms with van der Waals surface area (Å²) in [7, 11) is 0. The van der Waals surface area contributed by atoms with Gasteiger partial charge in [0.1, 0.15) is 6.04 Å². The minimum Gasteiger partial charge on any atom is -0.372 e. The lowest BCUT2D eigenvalue weighted by Gasteiger charge is -2.29. The van der Waals surface area contributed by atoms with Crippen molar-refractivity contribution in [3.05, 3.63) is 60.2 Å². The van der Waals surface area contributed by atoms with Crippen LogP contribution in [0.25, 0.3) is 0 Å². The van der Waals surface area contributed by atoms with Gasteiger partial charge in [-0.15, -0.1) is 0 Å². The van der Waals surface area contributed by atoms with Crippen LogP contribution in [0, 0.1) is 0 Å². The summed E-state index contributed by atoms with van der Waals surface area (Å²) in [4.78, 5) is 29.2. The summed E-state index contributed by atoms with van der Waals surface area (Å²) < 4.78 is 0. The minimum absolute atomic E-state index is 0.0458. The first kappa shape index (κ1) is 18.5. The van der Waals surface area contributed by atoms with Gasteiger partial charge in [-0.2, -0.15) is 0 Å². The Bertz CT molecular complexity index is 814. The first-order valence-electron chi connectivity index (χ1n) is 10.2. The quantitative estimate of drug-likeness (QED) is 0.862. The van der Waals surface area contributed by atoms with Crippen molar-refractivity contribution in [2.24, 2.45) is 0 Å². The van der Waals surface area contributed by atoms with Crippen LogP contribution in [0.4, 0.5) is 11.4 Å². The molecule has 4 rings (SSSR count). The van der Waals surface area contributed by atoms with Crippen LogP contribution in [-0.4, -0.2) is 35.8 Å². The molecule has 2 heterocycles. The van der Waals surface area contributed by atoms with Crippen molar-refractivity contribution >= 4 is 23.2 Å². The molecule has 1 unspecified atom stereocenters. The molecule has 1 N–H and O–H groups in total. The molecule has 2 fully saturated rings. The number of piperidine rings is 1. The molecular formula is C23H27N3O2. The predicted molar refractivity (Wildman–Crippen MR) is 111 cm³/mol. The molecule has 2 aliphatic rings. The van der Waals surface area contributed by atoms with E-state index in [4.69, 9.17) is 0 Å². The Morgan fingerprint density at radius 2 is 1.68 bits per heavy atom. The number of anilines is 2. The van der Waals surface area contributed by atoms with Crippen LogP contribution in [0.5, 0.6) is 0 Å². The van der Waals surface area contributed by atoms with Crippen molar-refractivity contribution in [1.29, 1.82) is 0 Å². The maximum absolute atomic E-state index is 12.8. The number of rotatable bonds is 5. The summed E-state index contributed by atoms with van der Waals surface area (Å²) >= 11 is 0. The Morgan fingerprint density at radius 1 is 0.964 bits per heavy atom. The van der Waals surface area contributed by atoms with E-state index in [0.29, 0.717) is 19.4 Å². The van der Waals surface area contributed by atoms with E-state index in [0.717, 1.165) is 24.3 Å². The zero-order valence-electron chi connectivity index (χ0n) is 16.1.